The highest BCUT2D eigenvalue weighted by atomic mass is 35.5. The van der Waals surface area contributed by atoms with E-state index in [0.29, 0.717) is 35.8 Å². The second-order valence-corrected chi connectivity index (χ2v) is 8.15. The maximum absolute atomic E-state index is 12.4. The molecule has 1 unspecified atom stereocenters. The number of hydrogen-bond acceptors (Lipinski definition) is 4. The summed E-state index contributed by atoms with van der Waals surface area (Å²) >= 11 is 6.02. The van der Waals surface area contributed by atoms with Gasteiger partial charge in [-0.1, -0.05) is 35.9 Å². The smallest absolute Gasteiger partial charge is 0.238 e. The van der Waals surface area contributed by atoms with Gasteiger partial charge in [-0.15, -0.1) is 0 Å². The van der Waals surface area contributed by atoms with Crippen molar-refractivity contribution in [3.05, 3.63) is 59.1 Å². The number of nitrogens with zero attached hydrogens (tertiary/aromatic N) is 1. The molecule has 0 aliphatic rings. The van der Waals surface area contributed by atoms with E-state index in [-0.39, 0.29) is 16.8 Å². The molecule has 0 spiro atoms. The molecule has 2 aromatic rings. The van der Waals surface area contributed by atoms with E-state index in [2.05, 4.69) is 0 Å². The number of ether oxygens (including phenoxy) is 1. The van der Waals surface area contributed by atoms with Crippen LogP contribution in [0.3, 0.4) is 0 Å². The Balaban J connectivity index is 1.90. The minimum Gasteiger partial charge on any atom is -0.492 e. The van der Waals surface area contributed by atoms with E-state index >= 15 is 0 Å². The van der Waals surface area contributed by atoms with Gasteiger partial charge in [-0.25, -0.2) is 13.6 Å². The van der Waals surface area contributed by atoms with Gasteiger partial charge in [-0.3, -0.25) is 4.79 Å². The van der Waals surface area contributed by atoms with Crippen molar-refractivity contribution in [2.24, 2.45) is 5.14 Å². The monoisotopic (exact) mass is 410 g/mol. The summed E-state index contributed by atoms with van der Waals surface area (Å²) in [6, 6.07) is 13.2. The highest BCUT2D eigenvalue weighted by Gasteiger charge is 2.19. The Hall–Kier alpha value is -2.09. The maximum Gasteiger partial charge on any atom is 0.238 e. The highest BCUT2D eigenvalue weighted by molar-refractivity contribution is 7.89. The second kappa shape index (κ2) is 9.21. The molecule has 8 heteroatoms. The van der Waals surface area contributed by atoms with Crippen molar-refractivity contribution in [2.45, 2.75) is 30.7 Å². The van der Waals surface area contributed by atoms with Crippen molar-refractivity contribution >= 4 is 27.5 Å². The Labute approximate surface area is 164 Å². The van der Waals surface area contributed by atoms with E-state index in [1.807, 2.05) is 19.1 Å². The molecule has 0 saturated carbocycles. The number of hydrogen-bond donors (Lipinski definition) is 1. The SMILES string of the molecule is CC(c1cccc(S(N)(=O)=O)c1)N(C)C(=O)CCCOc1ccccc1Cl. The van der Waals surface area contributed by atoms with Crippen LogP contribution in [0.15, 0.2) is 53.4 Å². The average molecular weight is 411 g/mol. The third-order valence-electron chi connectivity index (χ3n) is 4.27. The van der Waals surface area contributed by atoms with Crippen molar-refractivity contribution in [1.82, 2.24) is 4.90 Å². The van der Waals surface area contributed by atoms with Gasteiger partial charge in [0.15, 0.2) is 0 Å². The number of carbonyl (C=O) groups is 1. The van der Waals surface area contributed by atoms with Crippen molar-refractivity contribution in [3.8, 4) is 5.75 Å². The van der Waals surface area contributed by atoms with Crippen molar-refractivity contribution in [2.75, 3.05) is 13.7 Å². The van der Waals surface area contributed by atoms with Crippen LogP contribution < -0.4 is 9.88 Å². The van der Waals surface area contributed by atoms with Crippen LogP contribution in [0.5, 0.6) is 5.75 Å². The molecule has 0 saturated heterocycles. The summed E-state index contributed by atoms with van der Waals surface area (Å²) < 4.78 is 28.6. The van der Waals surface area contributed by atoms with E-state index in [0.717, 1.165) is 0 Å². The molecule has 2 N–H and O–H groups in total. The number of amides is 1. The Morgan fingerprint density at radius 2 is 1.93 bits per heavy atom. The molecule has 0 radical (unpaired) electrons. The highest BCUT2D eigenvalue weighted by Crippen LogP contribution is 2.24. The molecule has 6 nitrogen and oxygen atoms in total. The molecule has 0 aliphatic carbocycles. The van der Waals surface area contributed by atoms with Crippen LogP contribution in [0.1, 0.15) is 31.4 Å². The van der Waals surface area contributed by atoms with Gasteiger partial charge in [0.05, 0.1) is 22.6 Å². The van der Waals surface area contributed by atoms with Gasteiger partial charge in [-0.05, 0) is 43.2 Å². The van der Waals surface area contributed by atoms with E-state index in [1.165, 1.54) is 12.1 Å². The molecular formula is C19H23ClN2O4S. The summed E-state index contributed by atoms with van der Waals surface area (Å²) in [7, 11) is -2.10. The summed E-state index contributed by atoms with van der Waals surface area (Å²) in [6.45, 7) is 2.21. The fourth-order valence-corrected chi connectivity index (χ4v) is 3.29. The molecular weight excluding hydrogens is 388 g/mol. The zero-order valence-corrected chi connectivity index (χ0v) is 16.8. The Morgan fingerprint density at radius 3 is 2.59 bits per heavy atom. The Bertz CT molecular complexity index is 902. The number of sulfonamides is 1. The predicted octanol–water partition coefficient (Wildman–Crippen LogP) is 3.37. The zero-order chi connectivity index (χ0) is 20.0. The van der Waals surface area contributed by atoms with Gasteiger partial charge in [0.1, 0.15) is 5.75 Å². The number of carbonyl (C=O) groups excluding carboxylic acids is 1. The van der Waals surface area contributed by atoms with Gasteiger partial charge in [0, 0.05) is 13.5 Å². The number of rotatable bonds is 8. The van der Waals surface area contributed by atoms with Crippen LogP contribution >= 0.6 is 11.6 Å². The lowest BCUT2D eigenvalue weighted by atomic mass is 10.1. The second-order valence-electron chi connectivity index (χ2n) is 6.18. The molecule has 1 amide bonds. The third kappa shape index (κ3) is 5.95. The molecule has 2 aromatic carbocycles. The van der Waals surface area contributed by atoms with E-state index in [1.54, 1.807) is 36.2 Å². The average Bonchev–Trinajstić information content (AvgIpc) is 2.64. The summed E-state index contributed by atoms with van der Waals surface area (Å²) in [5.41, 5.74) is 0.699. The zero-order valence-electron chi connectivity index (χ0n) is 15.3. The van der Waals surface area contributed by atoms with E-state index < -0.39 is 10.0 Å². The third-order valence-corrected chi connectivity index (χ3v) is 5.50. The van der Waals surface area contributed by atoms with Crippen LogP contribution in [0.25, 0.3) is 0 Å². The molecule has 27 heavy (non-hydrogen) atoms. The Kier molecular flexibility index (Phi) is 7.24. The molecule has 146 valence electrons. The van der Waals surface area contributed by atoms with Crippen LogP contribution in [0.4, 0.5) is 0 Å². The van der Waals surface area contributed by atoms with Crippen LogP contribution in [-0.4, -0.2) is 32.9 Å². The van der Waals surface area contributed by atoms with Gasteiger partial charge in [0.25, 0.3) is 0 Å². The standard InChI is InChI=1S/C19H23ClN2O4S/c1-14(15-7-5-8-16(13-15)27(21,24)25)22(2)19(23)11-6-12-26-18-10-4-3-9-17(18)20/h3-5,7-10,13-14H,6,11-12H2,1-2H3,(H2,21,24,25). The van der Waals surface area contributed by atoms with Crippen LogP contribution in [0, 0.1) is 0 Å². The minimum absolute atomic E-state index is 0.0286. The first kappa shape index (κ1) is 21.2. The van der Waals surface area contributed by atoms with Gasteiger partial charge in [-0.2, -0.15) is 0 Å². The number of nitrogens with two attached hydrogens (primary N) is 1. The van der Waals surface area contributed by atoms with Gasteiger partial charge < -0.3 is 9.64 Å². The first-order valence-electron chi connectivity index (χ1n) is 8.46. The number of primary sulfonamides is 1. The maximum atomic E-state index is 12.4. The quantitative estimate of drug-likeness (QED) is 0.675. The topological polar surface area (TPSA) is 89.7 Å². The van der Waals surface area contributed by atoms with Gasteiger partial charge >= 0.3 is 0 Å². The van der Waals surface area contributed by atoms with Crippen molar-refractivity contribution in [3.63, 3.8) is 0 Å². The fraction of sp³-hybridized carbons (Fsp3) is 0.316. The first-order valence-corrected chi connectivity index (χ1v) is 10.4. The lowest BCUT2D eigenvalue weighted by Crippen LogP contribution is -2.30. The summed E-state index contributed by atoms with van der Waals surface area (Å²) in [6.07, 6.45) is 0.846. The van der Waals surface area contributed by atoms with Gasteiger partial charge in [0.2, 0.25) is 15.9 Å². The predicted molar refractivity (Wildman–Crippen MR) is 105 cm³/mol. The molecule has 1 atom stereocenters. The fourth-order valence-electron chi connectivity index (χ4n) is 2.53. The molecule has 0 aliphatic heterocycles. The lowest BCUT2D eigenvalue weighted by molar-refractivity contribution is -0.132. The van der Waals surface area contributed by atoms with Crippen molar-refractivity contribution in [1.29, 1.82) is 0 Å². The first-order chi connectivity index (χ1) is 12.7. The number of para-hydroxylation sites is 1. The molecule has 0 heterocycles. The lowest BCUT2D eigenvalue weighted by Gasteiger charge is -2.25. The van der Waals surface area contributed by atoms with Crippen LogP contribution in [0.2, 0.25) is 5.02 Å². The number of benzene rings is 2. The minimum atomic E-state index is -3.78. The summed E-state index contributed by atoms with van der Waals surface area (Å²) in [5, 5.41) is 5.70. The van der Waals surface area contributed by atoms with Crippen molar-refractivity contribution < 1.29 is 17.9 Å². The van der Waals surface area contributed by atoms with E-state index in [9.17, 15) is 13.2 Å². The normalized spacial score (nSPS) is 12.4. The molecule has 0 fully saturated rings. The molecule has 2 rings (SSSR count). The number of halogens is 1. The summed E-state index contributed by atoms with van der Waals surface area (Å²) in [5.74, 6) is 0.527. The Morgan fingerprint density at radius 1 is 1.22 bits per heavy atom. The molecule has 0 bridgehead atoms. The largest absolute Gasteiger partial charge is 0.492 e. The van der Waals surface area contributed by atoms with Crippen LogP contribution in [-0.2, 0) is 14.8 Å². The summed E-state index contributed by atoms with van der Waals surface area (Å²) in [4.78, 5) is 14.0. The molecule has 0 aromatic heterocycles. The van der Waals surface area contributed by atoms with E-state index in [4.69, 9.17) is 21.5 Å².